The van der Waals surface area contributed by atoms with Gasteiger partial charge in [-0.25, -0.2) is 0 Å². The normalized spacial score (nSPS) is 12.5. The van der Waals surface area contributed by atoms with Crippen LogP contribution in [0.15, 0.2) is 18.2 Å². The lowest BCUT2D eigenvalue weighted by Gasteiger charge is -2.17. The molecule has 0 amide bonds. The Labute approximate surface area is 109 Å². The number of benzene rings is 1. The quantitative estimate of drug-likeness (QED) is 0.652. The number of rotatable bonds is 7. The Hall–Kier alpha value is -1.42. The maximum absolute atomic E-state index is 9.81. The van der Waals surface area contributed by atoms with Gasteiger partial charge < -0.3 is 20.9 Å². The summed E-state index contributed by atoms with van der Waals surface area (Å²) in [5.41, 5.74) is 7.39. The molecule has 1 aromatic rings. The lowest BCUT2D eigenvalue weighted by atomic mass is 10.1. The predicted molar refractivity (Wildman–Crippen MR) is 76.0 cm³/mol. The molecule has 1 aromatic carbocycles. The monoisotopic (exact) mass is 252 g/mol. The number of aliphatic hydroxyl groups is 1. The van der Waals surface area contributed by atoms with Crippen LogP contribution in [-0.4, -0.2) is 24.4 Å². The van der Waals surface area contributed by atoms with Crippen molar-refractivity contribution < 1.29 is 9.84 Å². The van der Waals surface area contributed by atoms with Gasteiger partial charge in [0.15, 0.2) is 0 Å². The van der Waals surface area contributed by atoms with Crippen LogP contribution in [0.5, 0.6) is 5.75 Å². The van der Waals surface area contributed by atoms with Gasteiger partial charge in [0.2, 0.25) is 0 Å². The van der Waals surface area contributed by atoms with Gasteiger partial charge in [-0.2, -0.15) is 0 Å². The second-order valence-electron chi connectivity index (χ2n) is 4.81. The molecular weight excluding hydrogens is 228 g/mol. The zero-order valence-corrected chi connectivity index (χ0v) is 11.4. The first-order chi connectivity index (χ1) is 8.54. The number of hydrogen-bond donors (Lipinski definition) is 3. The van der Waals surface area contributed by atoms with Gasteiger partial charge in [-0.3, -0.25) is 0 Å². The highest BCUT2D eigenvalue weighted by Gasteiger charge is 2.09. The van der Waals surface area contributed by atoms with Gasteiger partial charge in [-0.1, -0.05) is 19.9 Å². The predicted octanol–water partition coefficient (Wildman–Crippen LogP) is 2.49. The maximum Gasteiger partial charge on any atom is 0.144 e. The van der Waals surface area contributed by atoms with Gasteiger partial charge >= 0.3 is 0 Å². The molecule has 102 valence electrons. The van der Waals surface area contributed by atoms with Crippen LogP contribution in [0.3, 0.4) is 0 Å². The molecule has 0 aliphatic carbocycles. The Bertz CT molecular complexity index is 367. The van der Waals surface area contributed by atoms with Gasteiger partial charge in [0.25, 0.3) is 0 Å². The maximum atomic E-state index is 9.81. The highest BCUT2D eigenvalue weighted by atomic mass is 16.5. The highest BCUT2D eigenvalue weighted by Crippen LogP contribution is 2.29. The molecule has 0 saturated heterocycles. The van der Waals surface area contributed by atoms with E-state index in [0.717, 1.165) is 12.1 Å². The summed E-state index contributed by atoms with van der Waals surface area (Å²) < 4.78 is 5.42. The molecule has 0 saturated carbocycles. The van der Waals surface area contributed by atoms with E-state index < -0.39 is 0 Å². The van der Waals surface area contributed by atoms with Gasteiger partial charge in [0.05, 0.1) is 24.1 Å². The lowest BCUT2D eigenvalue weighted by molar-refractivity contribution is 0.161. The van der Waals surface area contributed by atoms with E-state index in [1.807, 2.05) is 25.1 Å². The average Bonchev–Trinajstić information content (AvgIpc) is 2.29. The van der Waals surface area contributed by atoms with Crippen molar-refractivity contribution in [1.29, 1.82) is 0 Å². The summed E-state index contributed by atoms with van der Waals surface area (Å²) in [5, 5.41) is 13.0. The fourth-order valence-electron chi connectivity index (χ4n) is 1.83. The van der Waals surface area contributed by atoms with Gasteiger partial charge in [0.1, 0.15) is 5.75 Å². The Kier molecular flexibility index (Phi) is 5.78. The van der Waals surface area contributed by atoms with Crippen LogP contribution >= 0.6 is 0 Å². The minimum atomic E-state index is -0.361. The SMILES string of the molecule is CCOc1cccc(NCC(O)CC(C)C)c1N. The summed E-state index contributed by atoms with van der Waals surface area (Å²) in [6, 6.07) is 5.62. The van der Waals surface area contributed by atoms with E-state index in [-0.39, 0.29) is 6.10 Å². The molecule has 4 N–H and O–H groups in total. The summed E-state index contributed by atoms with van der Waals surface area (Å²) in [4.78, 5) is 0. The molecule has 1 rings (SSSR count). The van der Waals surface area contributed by atoms with Crippen molar-refractivity contribution in [1.82, 2.24) is 0 Å². The smallest absolute Gasteiger partial charge is 0.144 e. The second kappa shape index (κ2) is 7.11. The fraction of sp³-hybridized carbons (Fsp3) is 0.571. The molecule has 0 radical (unpaired) electrons. The molecule has 4 heteroatoms. The van der Waals surface area contributed by atoms with Crippen molar-refractivity contribution in [2.75, 3.05) is 24.2 Å². The van der Waals surface area contributed by atoms with Crippen LogP contribution in [-0.2, 0) is 0 Å². The van der Waals surface area contributed by atoms with Crippen molar-refractivity contribution in [3.8, 4) is 5.75 Å². The first-order valence-electron chi connectivity index (χ1n) is 6.47. The molecule has 4 nitrogen and oxygen atoms in total. The van der Waals surface area contributed by atoms with Crippen LogP contribution in [0.2, 0.25) is 0 Å². The van der Waals surface area contributed by atoms with Gasteiger partial charge in [-0.15, -0.1) is 0 Å². The first kappa shape index (κ1) is 14.6. The van der Waals surface area contributed by atoms with Crippen molar-refractivity contribution in [2.24, 2.45) is 5.92 Å². The van der Waals surface area contributed by atoms with E-state index in [1.54, 1.807) is 0 Å². The number of hydrogen-bond acceptors (Lipinski definition) is 4. The second-order valence-corrected chi connectivity index (χ2v) is 4.81. The topological polar surface area (TPSA) is 67.5 Å². The Morgan fingerprint density at radius 3 is 2.72 bits per heavy atom. The van der Waals surface area contributed by atoms with Crippen molar-refractivity contribution >= 4 is 11.4 Å². The average molecular weight is 252 g/mol. The highest BCUT2D eigenvalue weighted by molar-refractivity contribution is 5.72. The number of nitrogens with one attached hydrogen (secondary N) is 1. The van der Waals surface area contributed by atoms with Crippen LogP contribution in [0.1, 0.15) is 27.2 Å². The molecule has 0 fully saturated rings. The summed E-state index contributed by atoms with van der Waals surface area (Å²) in [6.07, 6.45) is 0.415. The molecule has 0 heterocycles. The standard InChI is InChI=1S/C14H24N2O2/c1-4-18-13-7-5-6-12(14(13)15)16-9-11(17)8-10(2)3/h5-7,10-11,16-17H,4,8-9,15H2,1-3H3. The summed E-state index contributed by atoms with van der Waals surface area (Å²) in [7, 11) is 0. The number of ether oxygens (including phenoxy) is 1. The Morgan fingerprint density at radius 1 is 1.39 bits per heavy atom. The Balaban J connectivity index is 2.59. The molecule has 0 bridgehead atoms. The molecule has 0 aromatic heterocycles. The summed E-state index contributed by atoms with van der Waals surface area (Å²) in [6.45, 7) is 7.19. The molecular formula is C14H24N2O2. The first-order valence-corrected chi connectivity index (χ1v) is 6.47. The molecule has 0 aliphatic heterocycles. The zero-order chi connectivity index (χ0) is 13.5. The van der Waals surface area contributed by atoms with Gasteiger partial charge in [-0.05, 0) is 31.4 Å². The summed E-state index contributed by atoms with van der Waals surface area (Å²) in [5.74, 6) is 1.16. The van der Waals surface area contributed by atoms with E-state index in [9.17, 15) is 5.11 Å². The number of anilines is 2. The van der Waals surface area contributed by atoms with Crippen LogP contribution in [0, 0.1) is 5.92 Å². The van der Waals surface area contributed by atoms with Crippen molar-refractivity contribution in [2.45, 2.75) is 33.3 Å². The third-order valence-corrected chi connectivity index (χ3v) is 2.64. The lowest BCUT2D eigenvalue weighted by Crippen LogP contribution is -2.21. The molecule has 0 aliphatic rings. The number of para-hydroxylation sites is 1. The summed E-state index contributed by atoms with van der Waals surface area (Å²) >= 11 is 0. The van der Waals surface area contributed by atoms with Crippen molar-refractivity contribution in [3.63, 3.8) is 0 Å². The zero-order valence-electron chi connectivity index (χ0n) is 11.4. The van der Waals surface area contributed by atoms with Crippen LogP contribution in [0.25, 0.3) is 0 Å². The third-order valence-electron chi connectivity index (χ3n) is 2.64. The van der Waals surface area contributed by atoms with E-state index in [4.69, 9.17) is 10.5 Å². The number of nitrogens with two attached hydrogens (primary N) is 1. The third kappa shape index (κ3) is 4.45. The molecule has 18 heavy (non-hydrogen) atoms. The molecule has 0 spiro atoms. The van der Waals surface area contributed by atoms with E-state index >= 15 is 0 Å². The molecule has 1 atom stereocenters. The molecule has 1 unspecified atom stereocenters. The Morgan fingerprint density at radius 2 is 2.11 bits per heavy atom. The minimum absolute atomic E-state index is 0.361. The van der Waals surface area contributed by atoms with E-state index in [1.165, 1.54) is 0 Å². The van der Waals surface area contributed by atoms with Crippen molar-refractivity contribution in [3.05, 3.63) is 18.2 Å². The van der Waals surface area contributed by atoms with Gasteiger partial charge in [0, 0.05) is 6.54 Å². The van der Waals surface area contributed by atoms with Crippen LogP contribution < -0.4 is 15.8 Å². The minimum Gasteiger partial charge on any atom is -0.492 e. The number of nitrogen functional groups attached to an aromatic ring is 1. The largest absolute Gasteiger partial charge is 0.492 e. The number of aliphatic hydroxyl groups excluding tert-OH is 1. The van der Waals surface area contributed by atoms with E-state index in [0.29, 0.717) is 30.5 Å². The van der Waals surface area contributed by atoms with Crippen LogP contribution in [0.4, 0.5) is 11.4 Å². The van der Waals surface area contributed by atoms with E-state index in [2.05, 4.69) is 19.2 Å². The fourth-order valence-corrected chi connectivity index (χ4v) is 1.83.